The zero-order valence-electron chi connectivity index (χ0n) is 20.6. The highest BCUT2D eigenvalue weighted by Crippen LogP contribution is 2.22. The molecule has 0 fully saturated rings. The molecule has 1 atom stereocenters. The monoisotopic (exact) mass is 482 g/mol. The smallest absolute Gasteiger partial charge is 0.328 e. The van der Waals surface area contributed by atoms with Crippen molar-refractivity contribution in [2.24, 2.45) is 0 Å². The van der Waals surface area contributed by atoms with Crippen molar-refractivity contribution in [2.75, 3.05) is 17.7 Å². The van der Waals surface area contributed by atoms with Gasteiger partial charge in [-0.05, 0) is 29.8 Å². The van der Waals surface area contributed by atoms with E-state index < -0.39 is 6.04 Å². The van der Waals surface area contributed by atoms with E-state index in [-0.39, 0.29) is 11.9 Å². The lowest BCUT2D eigenvalue weighted by Gasteiger charge is -2.17. The van der Waals surface area contributed by atoms with Gasteiger partial charge in [0.05, 0.1) is 12.8 Å². The first-order valence-electron chi connectivity index (χ1n) is 11.8. The Morgan fingerprint density at radius 3 is 2.14 bits per heavy atom. The van der Waals surface area contributed by atoms with Crippen LogP contribution in [0.3, 0.4) is 0 Å². The minimum Gasteiger partial charge on any atom is -0.467 e. The molecule has 4 aromatic rings. The molecule has 0 spiro atoms. The highest BCUT2D eigenvalue weighted by molar-refractivity contribution is 6.04. The molecule has 184 valence electrons. The standard InChI is InChI=1S/C27H24N4O3.C2H6/c1-34-27(33)24(16-19-8-4-2-5-9-19)31-25-17-23(28-18-29-25)20-12-14-22(15-13-20)30-26(32)21-10-6-3-7-11-21;1-2/h2-15,17-18,24H,16H2,1H3,(H,30,32)(H,28,29,31);1-2H3. The number of nitrogens with one attached hydrogen (secondary N) is 2. The molecule has 1 amide bonds. The normalized spacial score (nSPS) is 10.9. The number of aromatic nitrogens is 2. The van der Waals surface area contributed by atoms with E-state index in [0.29, 0.717) is 29.2 Å². The van der Waals surface area contributed by atoms with Crippen LogP contribution in [0.4, 0.5) is 11.5 Å². The van der Waals surface area contributed by atoms with Crippen molar-refractivity contribution in [3.05, 3.63) is 108 Å². The van der Waals surface area contributed by atoms with Crippen LogP contribution in [0.1, 0.15) is 29.8 Å². The van der Waals surface area contributed by atoms with E-state index in [0.717, 1.165) is 11.1 Å². The summed E-state index contributed by atoms with van der Waals surface area (Å²) in [5.41, 5.74) is 3.81. The fourth-order valence-electron chi connectivity index (χ4n) is 3.48. The molecule has 7 nitrogen and oxygen atoms in total. The van der Waals surface area contributed by atoms with Crippen LogP contribution in [0.2, 0.25) is 0 Å². The minimum absolute atomic E-state index is 0.172. The topological polar surface area (TPSA) is 93.2 Å². The number of rotatable bonds is 8. The van der Waals surface area contributed by atoms with E-state index in [9.17, 15) is 9.59 Å². The number of ether oxygens (including phenoxy) is 1. The molecule has 36 heavy (non-hydrogen) atoms. The second-order valence-electron chi connectivity index (χ2n) is 7.60. The van der Waals surface area contributed by atoms with Crippen molar-refractivity contribution in [1.29, 1.82) is 0 Å². The van der Waals surface area contributed by atoms with Gasteiger partial charge in [0.2, 0.25) is 0 Å². The van der Waals surface area contributed by atoms with E-state index >= 15 is 0 Å². The molecule has 0 aliphatic carbocycles. The van der Waals surface area contributed by atoms with Crippen molar-refractivity contribution in [3.8, 4) is 11.3 Å². The summed E-state index contributed by atoms with van der Waals surface area (Å²) in [5, 5.41) is 6.04. The number of methoxy groups -OCH3 is 1. The molecule has 1 aromatic heterocycles. The van der Waals surface area contributed by atoms with Gasteiger partial charge in [-0.15, -0.1) is 0 Å². The lowest BCUT2D eigenvalue weighted by molar-refractivity contribution is -0.141. The zero-order valence-corrected chi connectivity index (χ0v) is 20.6. The number of hydrogen-bond acceptors (Lipinski definition) is 6. The Hall–Kier alpha value is -4.52. The van der Waals surface area contributed by atoms with Crippen LogP contribution in [0.25, 0.3) is 11.3 Å². The van der Waals surface area contributed by atoms with Gasteiger partial charge in [-0.3, -0.25) is 4.79 Å². The Balaban J connectivity index is 0.00000176. The first kappa shape index (κ1) is 26.1. The second kappa shape index (κ2) is 13.4. The fraction of sp³-hybridized carbons (Fsp3) is 0.172. The van der Waals surface area contributed by atoms with Crippen molar-refractivity contribution < 1.29 is 14.3 Å². The average molecular weight is 483 g/mol. The Morgan fingerprint density at radius 2 is 1.50 bits per heavy atom. The summed E-state index contributed by atoms with van der Waals surface area (Å²) < 4.78 is 4.97. The van der Waals surface area contributed by atoms with Crippen LogP contribution in [0, 0.1) is 0 Å². The van der Waals surface area contributed by atoms with Crippen molar-refractivity contribution >= 4 is 23.4 Å². The number of amides is 1. The van der Waals surface area contributed by atoms with Crippen LogP contribution in [-0.4, -0.2) is 35.0 Å². The van der Waals surface area contributed by atoms with Crippen LogP contribution in [0.5, 0.6) is 0 Å². The third kappa shape index (κ3) is 7.24. The Labute approximate surface area is 211 Å². The molecule has 1 heterocycles. The van der Waals surface area contributed by atoms with Gasteiger partial charge in [-0.1, -0.05) is 74.5 Å². The van der Waals surface area contributed by atoms with E-state index in [2.05, 4.69) is 20.6 Å². The SMILES string of the molecule is CC.COC(=O)C(Cc1ccccc1)Nc1cc(-c2ccc(NC(=O)c3ccccc3)cc2)ncn1. The maximum Gasteiger partial charge on any atom is 0.328 e. The van der Waals surface area contributed by atoms with E-state index in [4.69, 9.17) is 4.74 Å². The summed E-state index contributed by atoms with van der Waals surface area (Å²) in [6.07, 6.45) is 1.91. The van der Waals surface area contributed by atoms with Gasteiger partial charge in [0, 0.05) is 29.3 Å². The average Bonchev–Trinajstić information content (AvgIpc) is 2.95. The van der Waals surface area contributed by atoms with Gasteiger partial charge < -0.3 is 15.4 Å². The van der Waals surface area contributed by atoms with Crippen LogP contribution in [-0.2, 0) is 16.0 Å². The zero-order chi connectivity index (χ0) is 25.8. The highest BCUT2D eigenvalue weighted by Gasteiger charge is 2.20. The van der Waals surface area contributed by atoms with Crippen molar-refractivity contribution in [3.63, 3.8) is 0 Å². The van der Waals surface area contributed by atoms with Crippen molar-refractivity contribution in [1.82, 2.24) is 9.97 Å². The van der Waals surface area contributed by atoms with Gasteiger partial charge in [-0.25, -0.2) is 14.8 Å². The molecule has 0 aliphatic heterocycles. The lowest BCUT2D eigenvalue weighted by atomic mass is 10.1. The predicted molar refractivity (Wildman–Crippen MR) is 143 cm³/mol. The molecular formula is C29H30N4O3. The van der Waals surface area contributed by atoms with Gasteiger partial charge in [0.15, 0.2) is 0 Å². The molecule has 2 N–H and O–H groups in total. The molecule has 1 unspecified atom stereocenters. The largest absolute Gasteiger partial charge is 0.467 e. The molecular weight excluding hydrogens is 452 g/mol. The molecule has 0 bridgehead atoms. The van der Waals surface area contributed by atoms with E-state index in [1.165, 1.54) is 13.4 Å². The van der Waals surface area contributed by atoms with Gasteiger partial charge >= 0.3 is 5.97 Å². The Bertz CT molecular complexity index is 1250. The lowest BCUT2D eigenvalue weighted by Crippen LogP contribution is -2.33. The molecule has 0 saturated heterocycles. The number of hydrogen-bond donors (Lipinski definition) is 2. The number of nitrogens with zero attached hydrogens (tertiary/aromatic N) is 2. The number of anilines is 2. The summed E-state index contributed by atoms with van der Waals surface area (Å²) in [4.78, 5) is 33.3. The Morgan fingerprint density at radius 1 is 0.861 bits per heavy atom. The first-order valence-corrected chi connectivity index (χ1v) is 11.8. The molecule has 0 aliphatic rings. The first-order chi connectivity index (χ1) is 17.6. The molecule has 3 aromatic carbocycles. The van der Waals surface area contributed by atoms with Crippen LogP contribution in [0.15, 0.2) is 97.3 Å². The van der Waals surface area contributed by atoms with Gasteiger partial charge in [0.25, 0.3) is 5.91 Å². The summed E-state index contributed by atoms with van der Waals surface area (Å²) in [7, 11) is 1.37. The number of carbonyl (C=O) groups excluding carboxylic acids is 2. The minimum atomic E-state index is -0.592. The van der Waals surface area contributed by atoms with E-state index in [1.807, 2.05) is 86.6 Å². The third-order valence-corrected chi connectivity index (χ3v) is 5.23. The fourth-order valence-corrected chi connectivity index (χ4v) is 3.48. The summed E-state index contributed by atoms with van der Waals surface area (Å²) in [6, 6.07) is 27.3. The molecule has 7 heteroatoms. The number of esters is 1. The quantitative estimate of drug-likeness (QED) is 0.317. The van der Waals surface area contributed by atoms with Crippen LogP contribution >= 0.6 is 0 Å². The molecule has 4 rings (SSSR count). The van der Waals surface area contributed by atoms with Gasteiger partial charge in [0.1, 0.15) is 18.2 Å². The number of carbonyl (C=O) groups is 2. The third-order valence-electron chi connectivity index (χ3n) is 5.23. The maximum atomic E-state index is 12.3. The molecule has 0 saturated carbocycles. The van der Waals surface area contributed by atoms with E-state index in [1.54, 1.807) is 18.2 Å². The number of benzene rings is 3. The summed E-state index contributed by atoms with van der Waals surface area (Å²) in [6.45, 7) is 4.00. The second-order valence-corrected chi connectivity index (χ2v) is 7.60. The van der Waals surface area contributed by atoms with Gasteiger partial charge in [-0.2, -0.15) is 0 Å². The highest BCUT2D eigenvalue weighted by atomic mass is 16.5. The van der Waals surface area contributed by atoms with Crippen molar-refractivity contribution in [2.45, 2.75) is 26.3 Å². The van der Waals surface area contributed by atoms with Crippen LogP contribution < -0.4 is 10.6 Å². The Kier molecular flexibility index (Phi) is 9.70. The summed E-state index contributed by atoms with van der Waals surface area (Å²) >= 11 is 0. The summed E-state index contributed by atoms with van der Waals surface area (Å²) in [5.74, 6) is -0.0329. The maximum absolute atomic E-state index is 12.3. The molecule has 0 radical (unpaired) electrons. The predicted octanol–water partition coefficient (Wildman–Crippen LogP) is 5.62.